The number of likely N-dealkylation sites (N-methyl/N-ethyl adjacent to an activating group) is 1. The van der Waals surface area contributed by atoms with Crippen molar-refractivity contribution in [2.45, 2.75) is 25.8 Å². The summed E-state index contributed by atoms with van der Waals surface area (Å²) in [6.07, 6.45) is 3.87. The number of nitrogens with zero attached hydrogens (tertiary/aromatic N) is 2. The number of allylic oxidation sites excluding steroid dienone is 1. The number of anilines is 1. The molecule has 9 heteroatoms. The second kappa shape index (κ2) is 9.46. The predicted octanol–water partition coefficient (Wildman–Crippen LogP) is 0.537. The number of rotatable bonds is 9. The monoisotopic (exact) mass is 338 g/mol. The van der Waals surface area contributed by atoms with Gasteiger partial charge in [0.2, 0.25) is 12.3 Å². The maximum Gasteiger partial charge on any atom is 0.255 e. The van der Waals surface area contributed by atoms with Crippen LogP contribution in [0.25, 0.3) is 0 Å². The third-order valence-electron chi connectivity index (χ3n) is 2.89. The molecule has 1 aromatic rings. The molecule has 0 fully saturated rings. The van der Waals surface area contributed by atoms with E-state index >= 15 is 0 Å². The van der Waals surface area contributed by atoms with Gasteiger partial charge in [0.1, 0.15) is 12.3 Å². The lowest BCUT2D eigenvalue weighted by atomic mass is 10.1. The average Bonchev–Trinajstić information content (AvgIpc) is 3.03. The van der Waals surface area contributed by atoms with Crippen molar-refractivity contribution in [2.75, 3.05) is 12.4 Å². The van der Waals surface area contributed by atoms with Crippen molar-refractivity contribution in [1.82, 2.24) is 15.2 Å². The van der Waals surface area contributed by atoms with E-state index in [0.717, 1.165) is 4.90 Å². The number of imide groups is 1. The highest BCUT2D eigenvalue weighted by Crippen LogP contribution is 2.13. The molecule has 3 amide bonds. The Bertz CT molecular complexity index is 586. The minimum absolute atomic E-state index is 0.0652. The van der Waals surface area contributed by atoms with Gasteiger partial charge in [-0.1, -0.05) is 0 Å². The number of nitrogens with one attached hydrogen (secondary N) is 2. The zero-order chi connectivity index (χ0) is 17.2. The van der Waals surface area contributed by atoms with Gasteiger partial charge in [-0.15, -0.1) is 11.3 Å². The van der Waals surface area contributed by atoms with E-state index in [9.17, 15) is 19.2 Å². The van der Waals surface area contributed by atoms with Gasteiger partial charge < -0.3 is 15.4 Å². The maximum absolute atomic E-state index is 12.2. The smallest absolute Gasteiger partial charge is 0.255 e. The average molecular weight is 338 g/mol. The number of hydrogen-bond donors (Lipinski definition) is 2. The Morgan fingerprint density at radius 1 is 1.43 bits per heavy atom. The Hall–Kier alpha value is -2.55. The van der Waals surface area contributed by atoms with Crippen LogP contribution < -0.4 is 10.6 Å². The molecule has 0 saturated carbocycles. The zero-order valence-corrected chi connectivity index (χ0v) is 13.6. The summed E-state index contributed by atoms with van der Waals surface area (Å²) in [5.41, 5.74) is 0.475. The molecule has 1 atom stereocenters. The summed E-state index contributed by atoms with van der Waals surface area (Å²) in [6, 6.07) is -1.03. The molecule has 0 spiro atoms. The van der Waals surface area contributed by atoms with Crippen LogP contribution in [0.5, 0.6) is 0 Å². The van der Waals surface area contributed by atoms with E-state index in [1.807, 2.05) is 0 Å². The fraction of sp³-hybridized carbons (Fsp3) is 0.357. The third-order valence-corrected chi connectivity index (χ3v) is 3.58. The van der Waals surface area contributed by atoms with Gasteiger partial charge in [0.15, 0.2) is 5.13 Å². The van der Waals surface area contributed by atoms with Gasteiger partial charge in [-0.2, -0.15) is 0 Å². The second-order valence-electron chi connectivity index (χ2n) is 4.51. The van der Waals surface area contributed by atoms with Crippen LogP contribution in [0.3, 0.4) is 0 Å². The summed E-state index contributed by atoms with van der Waals surface area (Å²) >= 11 is 1.36. The molecule has 23 heavy (non-hydrogen) atoms. The summed E-state index contributed by atoms with van der Waals surface area (Å²) in [7, 11) is 1.40. The topological polar surface area (TPSA) is 108 Å². The summed E-state index contributed by atoms with van der Waals surface area (Å²) in [5.74, 6) is -1.16. The van der Waals surface area contributed by atoms with Gasteiger partial charge in [0.25, 0.3) is 5.91 Å². The highest BCUT2D eigenvalue weighted by atomic mass is 32.1. The molecule has 0 bridgehead atoms. The van der Waals surface area contributed by atoms with Crippen LogP contribution in [0.1, 0.15) is 19.8 Å². The van der Waals surface area contributed by atoms with Gasteiger partial charge in [0, 0.05) is 36.8 Å². The fourth-order valence-electron chi connectivity index (χ4n) is 1.82. The molecular formula is C14H18N4O4S. The van der Waals surface area contributed by atoms with Crippen LogP contribution in [0.15, 0.2) is 23.3 Å². The molecule has 2 N–H and O–H groups in total. The highest BCUT2D eigenvalue weighted by Gasteiger charge is 2.27. The van der Waals surface area contributed by atoms with Crippen LogP contribution >= 0.6 is 11.3 Å². The first-order chi connectivity index (χ1) is 11.0. The molecule has 1 rings (SSSR count). The third kappa shape index (κ3) is 5.62. The Morgan fingerprint density at radius 2 is 2.17 bits per heavy atom. The number of hydrogen-bond acceptors (Lipinski definition) is 7. The first kappa shape index (κ1) is 18.5. The maximum atomic E-state index is 12.2. The molecule has 8 nitrogen and oxygen atoms in total. The van der Waals surface area contributed by atoms with Gasteiger partial charge in [0.05, 0.1) is 0 Å². The van der Waals surface area contributed by atoms with E-state index in [1.54, 1.807) is 18.5 Å². The Balaban J connectivity index is 2.87. The second-order valence-corrected chi connectivity index (χ2v) is 5.41. The van der Waals surface area contributed by atoms with Crippen molar-refractivity contribution in [1.29, 1.82) is 0 Å². The van der Waals surface area contributed by atoms with Crippen LogP contribution in [0.4, 0.5) is 5.13 Å². The molecule has 0 saturated heterocycles. The van der Waals surface area contributed by atoms with E-state index in [2.05, 4.69) is 15.6 Å². The van der Waals surface area contributed by atoms with E-state index < -0.39 is 17.9 Å². The van der Waals surface area contributed by atoms with Crippen molar-refractivity contribution in [2.24, 2.45) is 0 Å². The fourth-order valence-corrected chi connectivity index (χ4v) is 2.41. The first-order valence-corrected chi connectivity index (χ1v) is 7.69. The van der Waals surface area contributed by atoms with Crippen molar-refractivity contribution >= 4 is 41.0 Å². The van der Waals surface area contributed by atoms with Crippen molar-refractivity contribution in [3.8, 4) is 0 Å². The summed E-state index contributed by atoms with van der Waals surface area (Å²) in [5, 5.41) is 7.67. The molecule has 0 aliphatic rings. The lowest BCUT2D eigenvalue weighted by molar-refractivity contribution is -0.143. The SMILES string of the molecule is CNC(=O)C(CCC=O)N(C=O)C(=O)/C=C(\C)Nc1nccs1. The van der Waals surface area contributed by atoms with E-state index in [4.69, 9.17) is 0 Å². The predicted molar refractivity (Wildman–Crippen MR) is 85.6 cm³/mol. The number of carbonyl (C=O) groups is 4. The van der Waals surface area contributed by atoms with Crippen LogP contribution in [-0.2, 0) is 19.2 Å². The molecule has 0 aliphatic carbocycles. The van der Waals surface area contributed by atoms with E-state index in [0.29, 0.717) is 23.5 Å². The summed E-state index contributed by atoms with van der Waals surface area (Å²) < 4.78 is 0. The molecule has 1 heterocycles. The zero-order valence-electron chi connectivity index (χ0n) is 12.8. The number of carbonyl (C=O) groups excluding carboxylic acids is 4. The normalized spacial score (nSPS) is 12.2. The first-order valence-electron chi connectivity index (χ1n) is 6.81. The minimum Gasteiger partial charge on any atom is -0.357 e. The van der Waals surface area contributed by atoms with Gasteiger partial charge in [-0.05, 0) is 13.3 Å². The van der Waals surface area contributed by atoms with Crippen LogP contribution in [-0.4, -0.2) is 47.5 Å². The largest absolute Gasteiger partial charge is 0.357 e. The van der Waals surface area contributed by atoms with E-state index in [1.165, 1.54) is 24.5 Å². The molecule has 0 radical (unpaired) electrons. The van der Waals surface area contributed by atoms with Gasteiger partial charge in [-0.3, -0.25) is 19.3 Å². The lowest BCUT2D eigenvalue weighted by Gasteiger charge is -2.23. The molecule has 0 aliphatic heterocycles. The quantitative estimate of drug-likeness (QED) is 0.502. The Kier molecular flexibility index (Phi) is 7.61. The van der Waals surface area contributed by atoms with Crippen molar-refractivity contribution in [3.63, 3.8) is 0 Å². The standard InChI is InChI=1S/C14H18N4O4S/c1-10(17-14-16-5-7-23-14)8-12(21)18(9-20)11(4-3-6-19)13(22)15-2/h5-9,11H,3-4H2,1-2H3,(H,15,22)(H,16,17)/b10-8+. The van der Waals surface area contributed by atoms with Gasteiger partial charge in [-0.25, -0.2) is 4.98 Å². The molecule has 1 unspecified atom stereocenters. The number of thiazole rings is 1. The van der Waals surface area contributed by atoms with Crippen LogP contribution in [0.2, 0.25) is 0 Å². The highest BCUT2D eigenvalue weighted by molar-refractivity contribution is 7.13. The van der Waals surface area contributed by atoms with Crippen LogP contribution in [0, 0.1) is 0 Å². The van der Waals surface area contributed by atoms with Crippen molar-refractivity contribution < 1.29 is 19.2 Å². The Labute approximate surface area is 137 Å². The Morgan fingerprint density at radius 3 is 2.70 bits per heavy atom. The number of aldehydes is 1. The van der Waals surface area contributed by atoms with Crippen molar-refractivity contribution in [3.05, 3.63) is 23.3 Å². The molecule has 1 aromatic heterocycles. The number of aromatic nitrogens is 1. The number of amides is 3. The molecule has 124 valence electrons. The summed E-state index contributed by atoms with van der Waals surface area (Å²) in [6.45, 7) is 1.64. The van der Waals surface area contributed by atoms with E-state index in [-0.39, 0.29) is 12.8 Å². The minimum atomic E-state index is -1.03. The molecular weight excluding hydrogens is 320 g/mol. The molecule has 0 aromatic carbocycles. The summed E-state index contributed by atoms with van der Waals surface area (Å²) in [4.78, 5) is 50.6. The lowest BCUT2D eigenvalue weighted by Crippen LogP contribution is -2.47. The van der Waals surface area contributed by atoms with Gasteiger partial charge >= 0.3 is 0 Å².